The Kier molecular flexibility index (Phi) is 6.42. The first kappa shape index (κ1) is 21.2. The number of hydrogen-bond donors (Lipinski definition) is 1. The monoisotopic (exact) mass is 435 g/mol. The van der Waals surface area contributed by atoms with Gasteiger partial charge in [-0.1, -0.05) is 72.4 Å². The van der Waals surface area contributed by atoms with E-state index in [4.69, 9.17) is 15.1 Å². The lowest BCUT2D eigenvalue weighted by molar-refractivity contribution is -0.134. The van der Waals surface area contributed by atoms with Crippen LogP contribution in [-0.2, 0) is 9.59 Å². The molecule has 0 spiro atoms. The van der Waals surface area contributed by atoms with Gasteiger partial charge in [0.05, 0.1) is 5.25 Å². The SMILES string of the molecule is CC(Sc1nc(-c2ccccc2)c(-c2ccccc2)o1)C(=O)N1CCC(C(N)=O)CC1. The molecule has 0 radical (unpaired) electrons. The van der Waals surface area contributed by atoms with Crippen LogP contribution in [0.5, 0.6) is 0 Å². The molecule has 2 N–H and O–H groups in total. The number of rotatable bonds is 6. The van der Waals surface area contributed by atoms with Crippen molar-refractivity contribution in [2.75, 3.05) is 13.1 Å². The predicted octanol–water partition coefficient (Wildman–Crippen LogP) is 4.21. The van der Waals surface area contributed by atoms with Gasteiger partial charge in [0.25, 0.3) is 5.22 Å². The van der Waals surface area contributed by atoms with E-state index in [1.807, 2.05) is 67.6 Å². The van der Waals surface area contributed by atoms with Crippen LogP contribution in [-0.4, -0.2) is 40.0 Å². The Morgan fingerprint density at radius 2 is 1.61 bits per heavy atom. The number of aromatic nitrogens is 1. The van der Waals surface area contributed by atoms with E-state index < -0.39 is 0 Å². The zero-order chi connectivity index (χ0) is 21.8. The Labute approximate surface area is 185 Å². The molecule has 7 heteroatoms. The molecule has 1 aliphatic heterocycles. The number of nitrogens with zero attached hydrogens (tertiary/aromatic N) is 2. The number of likely N-dealkylation sites (tertiary alicyclic amines) is 1. The quantitative estimate of drug-likeness (QED) is 0.586. The fourth-order valence-corrected chi connectivity index (χ4v) is 4.60. The number of carbonyl (C=O) groups excluding carboxylic acids is 2. The van der Waals surface area contributed by atoms with Crippen molar-refractivity contribution >= 4 is 23.6 Å². The van der Waals surface area contributed by atoms with E-state index in [1.54, 1.807) is 4.90 Å². The van der Waals surface area contributed by atoms with Crippen LogP contribution in [0.2, 0.25) is 0 Å². The molecule has 31 heavy (non-hydrogen) atoms. The maximum atomic E-state index is 12.9. The van der Waals surface area contributed by atoms with Gasteiger partial charge in [-0.15, -0.1) is 0 Å². The second kappa shape index (κ2) is 9.39. The van der Waals surface area contributed by atoms with Crippen LogP contribution in [0.25, 0.3) is 22.6 Å². The third kappa shape index (κ3) is 4.82. The number of thioether (sulfide) groups is 1. The summed E-state index contributed by atoms with van der Waals surface area (Å²) in [6.07, 6.45) is 1.24. The first-order valence-electron chi connectivity index (χ1n) is 10.4. The molecule has 2 amide bonds. The summed E-state index contributed by atoms with van der Waals surface area (Å²) in [6.45, 7) is 2.96. The van der Waals surface area contributed by atoms with Crippen molar-refractivity contribution in [3.8, 4) is 22.6 Å². The van der Waals surface area contributed by atoms with Crippen molar-refractivity contribution in [2.45, 2.75) is 30.2 Å². The molecule has 1 saturated heterocycles. The second-order valence-corrected chi connectivity index (χ2v) is 8.94. The summed E-state index contributed by atoms with van der Waals surface area (Å²) in [6, 6.07) is 19.7. The smallest absolute Gasteiger partial charge is 0.257 e. The van der Waals surface area contributed by atoms with Crippen LogP contribution < -0.4 is 5.73 Å². The first-order chi connectivity index (χ1) is 15.0. The van der Waals surface area contributed by atoms with Gasteiger partial charge < -0.3 is 15.1 Å². The minimum absolute atomic E-state index is 0.0219. The summed E-state index contributed by atoms with van der Waals surface area (Å²) in [4.78, 5) is 30.8. The summed E-state index contributed by atoms with van der Waals surface area (Å²) in [5.74, 6) is 0.293. The van der Waals surface area contributed by atoms with Crippen LogP contribution in [0, 0.1) is 5.92 Å². The van der Waals surface area contributed by atoms with Gasteiger partial charge in [-0.3, -0.25) is 9.59 Å². The van der Waals surface area contributed by atoms with Crippen LogP contribution in [0.15, 0.2) is 70.3 Å². The highest BCUT2D eigenvalue weighted by Gasteiger charge is 2.30. The molecule has 0 saturated carbocycles. The zero-order valence-corrected chi connectivity index (χ0v) is 18.2. The minimum atomic E-state index is -0.351. The number of hydrogen-bond acceptors (Lipinski definition) is 5. The Balaban J connectivity index is 1.53. The maximum absolute atomic E-state index is 12.9. The van der Waals surface area contributed by atoms with E-state index in [9.17, 15) is 9.59 Å². The lowest BCUT2D eigenvalue weighted by Gasteiger charge is -2.32. The molecule has 3 aromatic rings. The normalized spacial score (nSPS) is 15.6. The molecule has 0 aliphatic carbocycles. The maximum Gasteiger partial charge on any atom is 0.257 e. The highest BCUT2D eigenvalue weighted by atomic mass is 32.2. The van der Waals surface area contributed by atoms with Gasteiger partial charge in [0.1, 0.15) is 5.69 Å². The molecule has 4 rings (SSSR count). The van der Waals surface area contributed by atoms with Crippen molar-refractivity contribution in [1.82, 2.24) is 9.88 Å². The van der Waals surface area contributed by atoms with E-state index in [-0.39, 0.29) is 23.0 Å². The van der Waals surface area contributed by atoms with Crippen molar-refractivity contribution in [3.63, 3.8) is 0 Å². The molecule has 2 aromatic carbocycles. The second-order valence-electron chi connectivity index (χ2n) is 7.65. The van der Waals surface area contributed by atoms with Gasteiger partial charge >= 0.3 is 0 Å². The molecule has 2 heterocycles. The Bertz CT molecular complexity index is 987. The fraction of sp³-hybridized carbons (Fsp3) is 0.292. The number of amides is 2. The summed E-state index contributed by atoms with van der Waals surface area (Å²) < 4.78 is 6.13. The highest BCUT2D eigenvalue weighted by molar-refractivity contribution is 8.00. The Morgan fingerprint density at radius 1 is 1.03 bits per heavy atom. The van der Waals surface area contributed by atoms with E-state index in [0.717, 1.165) is 16.8 Å². The zero-order valence-electron chi connectivity index (χ0n) is 17.4. The van der Waals surface area contributed by atoms with Crippen molar-refractivity contribution in [2.24, 2.45) is 11.7 Å². The van der Waals surface area contributed by atoms with Gasteiger partial charge in [-0.05, 0) is 19.8 Å². The number of oxazole rings is 1. The topological polar surface area (TPSA) is 89.4 Å². The third-order valence-corrected chi connectivity index (χ3v) is 6.46. The van der Waals surface area contributed by atoms with Crippen LogP contribution in [0.3, 0.4) is 0 Å². The van der Waals surface area contributed by atoms with Gasteiger partial charge in [0, 0.05) is 30.1 Å². The molecule has 0 bridgehead atoms. The largest absolute Gasteiger partial charge is 0.431 e. The molecule has 1 aliphatic rings. The molecular formula is C24H25N3O3S. The van der Waals surface area contributed by atoms with Crippen LogP contribution in [0.1, 0.15) is 19.8 Å². The Morgan fingerprint density at radius 3 is 2.19 bits per heavy atom. The van der Waals surface area contributed by atoms with E-state index in [2.05, 4.69) is 0 Å². The summed E-state index contributed by atoms with van der Waals surface area (Å²) in [7, 11) is 0. The van der Waals surface area contributed by atoms with Crippen LogP contribution >= 0.6 is 11.8 Å². The predicted molar refractivity (Wildman–Crippen MR) is 121 cm³/mol. The average Bonchev–Trinajstić information content (AvgIpc) is 3.23. The van der Waals surface area contributed by atoms with E-state index in [0.29, 0.717) is 36.9 Å². The number of carbonyl (C=O) groups is 2. The summed E-state index contributed by atoms with van der Waals surface area (Å²) >= 11 is 1.32. The number of piperidine rings is 1. The molecule has 1 aromatic heterocycles. The van der Waals surface area contributed by atoms with E-state index in [1.165, 1.54) is 11.8 Å². The average molecular weight is 436 g/mol. The minimum Gasteiger partial charge on any atom is -0.431 e. The van der Waals surface area contributed by atoms with Gasteiger partial charge in [-0.25, -0.2) is 4.98 Å². The van der Waals surface area contributed by atoms with Crippen LogP contribution in [0.4, 0.5) is 0 Å². The fourth-order valence-electron chi connectivity index (χ4n) is 3.77. The lowest BCUT2D eigenvalue weighted by atomic mass is 9.96. The molecule has 1 unspecified atom stereocenters. The standard InChI is InChI=1S/C24H25N3O3S/c1-16(23(29)27-14-12-19(13-15-27)22(25)28)31-24-26-20(17-8-4-2-5-9-17)21(30-24)18-10-6-3-7-11-18/h2-11,16,19H,12-15H2,1H3,(H2,25,28). The van der Waals surface area contributed by atoms with Gasteiger partial charge in [-0.2, -0.15) is 0 Å². The molecular weight excluding hydrogens is 410 g/mol. The number of primary amides is 1. The lowest BCUT2D eigenvalue weighted by Crippen LogP contribution is -2.44. The molecule has 1 atom stereocenters. The molecule has 6 nitrogen and oxygen atoms in total. The Hall–Kier alpha value is -3.06. The van der Waals surface area contributed by atoms with Crippen molar-refractivity contribution in [1.29, 1.82) is 0 Å². The summed E-state index contributed by atoms with van der Waals surface area (Å²) in [5, 5.41) is 0.113. The van der Waals surface area contributed by atoms with Gasteiger partial charge in [0.2, 0.25) is 11.8 Å². The van der Waals surface area contributed by atoms with Crippen molar-refractivity contribution in [3.05, 3.63) is 60.7 Å². The number of benzene rings is 2. The molecule has 1 fully saturated rings. The summed E-state index contributed by atoms with van der Waals surface area (Å²) in [5.41, 5.74) is 8.06. The van der Waals surface area contributed by atoms with E-state index >= 15 is 0 Å². The van der Waals surface area contributed by atoms with Crippen molar-refractivity contribution < 1.29 is 14.0 Å². The highest BCUT2D eigenvalue weighted by Crippen LogP contribution is 2.37. The third-order valence-electron chi connectivity index (χ3n) is 5.53. The number of nitrogens with two attached hydrogens (primary N) is 1. The molecule has 160 valence electrons. The van der Waals surface area contributed by atoms with Gasteiger partial charge in [0.15, 0.2) is 5.76 Å². The first-order valence-corrected chi connectivity index (χ1v) is 11.3.